The van der Waals surface area contributed by atoms with Gasteiger partial charge in [-0.1, -0.05) is 11.6 Å². The number of benzene rings is 3. The second-order valence-electron chi connectivity index (χ2n) is 11.2. The molecule has 0 saturated carbocycles. The van der Waals surface area contributed by atoms with Gasteiger partial charge in [0.2, 0.25) is 11.9 Å². The maximum atomic E-state index is 13.7. The van der Waals surface area contributed by atoms with E-state index < -0.39 is 17.5 Å². The van der Waals surface area contributed by atoms with Crippen LogP contribution in [0.4, 0.5) is 29.5 Å². The van der Waals surface area contributed by atoms with E-state index in [4.69, 9.17) is 11.6 Å². The fourth-order valence-electron chi connectivity index (χ4n) is 5.30. The van der Waals surface area contributed by atoms with Gasteiger partial charge in [-0.05, 0) is 56.6 Å². The Labute approximate surface area is 262 Å². The zero-order valence-electron chi connectivity index (χ0n) is 24.8. The molecule has 0 aliphatic carbocycles. The van der Waals surface area contributed by atoms with Gasteiger partial charge >= 0.3 is 0 Å². The van der Waals surface area contributed by atoms with Crippen LogP contribution in [0.15, 0.2) is 54.6 Å². The molecule has 4 heterocycles. The van der Waals surface area contributed by atoms with Crippen LogP contribution in [0.2, 0.25) is 5.15 Å². The van der Waals surface area contributed by atoms with Gasteiger partial charge in [-0.15, -0.1) is 0 Å². The molecule has 0 radical (unpaired) electrons. The van der Waals surface area contributed by atoms with E-state index in [0.717, 1.165) is 64.5 Å². The first kappa shape index (κ1) is 30.9. The lowest BCUT2D eigenvalue weighted by atomic mass is 10.1. The number of anilines is 2. The highest BCUT2D eigenvalue weighted by atomic mass is 35.5. The zero-order valence-corrected chi connectivity index (χ0v) is 25.6. The molecule has 0 unspecified atom stereocenters. The number of fused-ring (bicyclic) bond motifs is 2. The molecule has 2 aromatic heterocycles. The second kappa shape index (κ2) is 13.1. The second-order valence-corrected chi connectivity index (χ2v) is 11.6. The number of hydrogen-bond acceptors (Lipinski definition) is 8. The van der Waals surface area contributed by atoms with E-state index in [1.165, 1.54) is 30.3 Å². The number of likely N-dealkylation sites (N-methyl/N-ethyl adjacent to an activating group) is 2. The molecule has 8 nitrogen and oxygen atoms in total. The highest BCUT2D eigenvalue weighted by molar-refractivity contribution is 6.34. The van der Waals surface area contributed by atoms with Gasteiger partial charge in [0.05, 0.1) is 16.7 Å². The zero-order chi connectivity index (χ0) is 31.7. The fourth-order valence-corrected chi connectivity index (χ4v) is 5.54. The van der Waals surface area contributed by atoms with Gasteiger partial charge in [-0.2, -0.15) is 0 Å². The summed E-state index contributed by atoms with van der Waals surface area (Å²) in [6, 6.07) is 12.2. The molecule has 2 saturated heterocycles. The Morgan fingerprint density at radius 2 is 1.07 bits per heavy atom. The predicted octanol–water partition coefficient (Wildman–Crippen LogP) is 5.64. The first-order valence-electron chi connectivity index (χ1n) is 14.6. The minimum absolute atomic E-state index is 0.313. The maximum absolute atomic E-state index is 13.7. The summed E-state index contributed by atoms with van der Waals surface area (Å²) >= 11 is 6.15. The van der Waals surface area contributed by atoms with Crippen molar-refractivity contribution in [2.75, 3.05) is 76.3 Å². The molecule has 13 heteroatoms. The standard InChI is InChI=1S/C19H17F3N4.C13H14ClFN4/c1-25-6-8-26(9-7-25)19-23-17-11-13(20)3-4-14(17)18(24-19)12-2-5-15(21)16(22)10-12;1-18-4-6-19(7-5-18)13-16-11-8-9(15)2-3-10(11)12(14)17-13/h2-5,10-11H,6-9H2,1H3;2-3,8H,4-7H2,1H3. The van der Waals surface area contributed by atoms with Gasteiger partial charge in [0.1, 0.15) is 16.8 Å². The Kier molecular flexibility index (Phi) is 8.97. The predicted molar refractivity (Wildman–Crippen MR) is 169 cm³/mol. The van der Waals surface area contributed by atoms with Crippen LogP contribution in [0.3, 0.4) is 0 Å². The van der Waals surface area contributed by atoms with Gasteiger partial charge in [-0.25, -0.2) is 37.5 Å². The van der Waals surface area contributed by atoms with Crippen LogP contribution in [-0.2, 0) is 0 Å². The van der Waals surface area contributed by atoms with Gasteiger partial charge in [-0.3, -0.25) is 0 Å². The van der Waals surface area contributed by atoms with Crippen LogP contribution >= 0.6 is 11.6 Å². The Hall–Kier alpha value is -4.13. The lowest BCUT2D eigenvalue weighted by Crippen LogP contribution is -2.45. The fraction of sp³-hybridized carbons (Fsp3) is 0.312. The Balaban J connectivity index is 0.000000167. The van der Waals surface area contributed by atoms with Crippen molar-refractivity contribution >= 4 is 45.3 Å². The summed E-state index contributed by atoms with van der Waals surface area (Å²) in [5, 5.41) is 1.65. The van der Waals surface area contributed by atoms with Crippen molar-refractivity contribution in [3.05, 3.63) is 83.0 Å². The largest absolute Gasteiger partial charge is 0.338 e. The molecule has 0 N–H and O–H groups in total. The third-order valence-corrected chi connectivity index (χ3v) is 8.30. The minimum Gasteiger partial charge on any atom is -0.338 e. The summed E-state index contributed by atoms with van der Waals surface area (Å²) in [6.07, 6.45) is 0. The normalized spacial score (nSPS) is 16.2. The Bertz CT molecular complexity index is 1840. The van der Waals surface area contributed by atoms with Crippen molar-refractivity contribution in [1.82, 2.24) is 29.7 Å². The molecule has 45 heavy (non-hydrogen) atoms. The number of halogens is 5. The lowest BCUT2D eigenvalue weighted by molar-refractivity contribution is 0.311. The van der Waals surface area contributed by atoms with Crippen LogP contribution in [0.25, 0.3) is 33.1 Å². The minimum atomic E-state index is -0.947. The SMILES string of the molecule is CN1CCN(c2nc(-c3ccc(F)c(F)c3)c3ccc(F)cc3n2)CC1.CN1CCN(c2nc(Cl)c3ccc(F)cc3n2)CC1. The number of hydrogen-bond donors (Lipinski definition) is 0. The number of aromatic nitrogens is 4. The maximum Gasteiger partial charge on any atom is 0.227 e. The molecular weight excluding hydrogens is 608 g/mol. The molecule has 0 amide bonds. The summed E-state index contributed by atoms with van der Waals surface area (Å²) in [5.41, 5.74) is 1.88. The van der Waals surface area contributed by atoms with E-state index >= 15 is 0 Å². The van der Waals surface area contributed by atoms with E-state index in [-0.39, 0.29) is 5.82 Å². The third kappa shape index (κ3) is 6.92. The summed E-state index contributed by atoms with van der Waals surface area (Å²) < 4.78 is 54.0. The molecule has 5 aromatic rings. The molecule has 2 aliphatic heterocycles. The first-order valence-corrected chi connectivity index (χ1v) is 14.9. The molecule has 3 aromatic carbocycles. The Morgan fingerprint density at radius 1 is 0.556 bits per heavy atom. The summed E-state index contributed by atoms with van der Waals surface area (Å²) in [4.78, 5) is 26.4. The van der Waals surface area contributed by atoms with Gasteiger partial charge in [0, 0.05) is 80.8 Å². The van der Waals surface area contributed by atoms with Crippen LogP contribution in [0.5, 0.6) is 0 Å². The first-order chi connectivity index (χ1) is 21.6. The molecule has 0 bridgehead atoms. The Morgan fingerprint density at radius 3 is 1.62 bits per heavy atom. The third-order valence-electron chi connectivity index (χ3n) is 8.01. The molecule has 2 aliphatic rings. The van der Waals surface area contributed by atoms with Crippen LogP contribution in [-0.4, -0.2) is 96.2 Å². The van der Waals surface area contributed by atoms with Gasteiger partial charge in [0.15, 0.2) is 11.6 Å². The van der Waals surface area contributed by atoms with E-state index in [9.17, 15) is 17.6 Å². The highest BCUT2D eigenvalue weighted by Crippen LogP contribution is 2.30. The van der Waals surface area contributed by atoms with Crippen molar-refractivity contribution in [2.45, 2.75) is 0 Å². The average molecular weight is 639 g/mol. The summed E-state index contributed by atoms with van der Waals surface area (Å²) in [6.45, 7) is 6.85. The van der Waals surface area contributed by atoms with E-state index in [2.05, 4.69) is 41.7 Å². The number of rotatable bonds is 3. The molecule has 2 fully saturated rings. The molecule has 7 rings (SSSR count). The van der Waals surface area contributed by atoms with Gasteiger partial charge in [0.25, 0.3) is 0 Å². The average Bonchev–Trinajstić information content (AvgIpc) is 3.02. The van der Waals surface area contributed by atoms with Crippen LogP contribution in [0.1, 0.15) is 0 Å². The quantitative estimate of drug-likeness (QED) is 0.186. The number of nitrogens with zero attached hydrogens (tertiary/aromatic N) is 8. The van der Waals surface area contributed by atoms with E-state index in [1.807, 2.05) is 11.9 Å². The molecule has 0 atom stereocenters. The van der Waals surface area contributed by atoms with Crippen molar-refractivity contribution in [3.63, 3.8) is 0 Å². The summed E-state index contributed by atoms with van der Waals surface area (Å²) in [5.74, 6) is -1.54. The van der Waals surface area contributed by atoms with Crippen molar-refractivity contribution in [1.29, 1.82) is 0 Å². The van der Waals surface area contributed by atoms with Crippen molar-refractivity contribution in [2.24, 2.45) is 0 Å². The van der Waals surface area contributed by atoms with Crippen molar-refractivity contribution < 1.29 is 17.6 Å². The van der Waals surface area contributed by atoms with E-state index in [1.54, 1.807) is 12.1 Å². The highest BCUT2D eigenvalue weighted by Gasteiger charge is 2.21. The van der Waals surface area contributed by atoms with Crippen molar-refractivity contribution in [3.8, 4) is 11.3 Å². The lowest BCUT2D eigenvalue weighted by Gasteiger charge is -2.32. The molecule has 0 spiro atoms. The molecular formula is C32H31ClF4N8. The smallest absolute Gasteiger partial charge is 0.227 e. The molecule has 234 valence electrons. The monoisotopic (exact) mass is 638 g/mol. The topological polar surface area (TPSA) is 64.5 Å². The van der Waals surface area contributed by atoms with Gasteiger partial charge < -0.3 is 19.6 Å². The van der Waals surface area contributed by atoms with Crippen LogP contribution < -0.4 is 9.80 Å². The number of piperazine rings is 2. The van der Waals surface area contributed by atoms with E-state index in [0.29, 0.717) is 50.1 Å². The summed E-state index contributed by atoms with van der Waals surface area (Å²) in [7, 11) is 4.13. The van der Waals surface area contributed by atoms with Crippen LogP contribution in [0, 0.1) is 23.3 Å².